The van der Waals surface area contributed by atoms with E-state index in [2.05, 4.69) is 11.7 Å². The molecule has 1 fully saturated rings. The number of esters is 1. The molecule has 1 heterocycles. The molecule has 0 aromatic heterocycles. The lowest BCUT2D eigenvalue weighted by atomic mass is 9.76. The van der Waals surface area contributed by atoms with Gasteiger partial charge in [-0.15, -0.1) is 0 Å². The number of hydrogen-bond donors (Lipinski definition) is 1. The normalized spacial score (nSPS) is 19.4. The smallest absolute Gasteiger partial charge is 0.407 e. The van der Waals surface area contributed by atoms with E-state index in [9.17, 15) is 9.59 Å². The number of carbonyl (C=O) groups is 2. The predicted octanol–water partition coefficient (Wildman–Crippen LogP) is 2.12. The number of carbonyl (C=O) groups excluding carboxylic acids is 1. The Morgan fingerprint density at radius 3 is 2.45 bits per heavy atom. The molecule has 0 saturated carbocycles. The number of carboxylic acid groups (broad SMARTS) is 1. The van der Waals surface area contributed by atoms with Gasteiger partial charge < -0.3 is 19.5 Å². The SMILES string of the molecule is COC(=O)COC(C)CCC1(C)CCN(C(=O)O)CC1. The molecule has 0 spiro atoms. The number of ether oxygens (including phenoxy) is 2. The van der Waals surface area contributed by atoms with Gasteiger partial charge in [-0.05, 0) is 38.0 Å². The van der Waals surface area contributed by atoms with Crippen molar-refractivity contribution >= 4 is 12.1 Å². The van der Waals surface area contributed by atoms with E-state index in [0.29, 0.717) is 13.1 Å². The molecule has 1 amide bonds. The summed E-state index contributed by atoms with van der Waals surface area (Å²) < 4.78 is 9.94. The van der Waals surface area contributed by atoms with Crippen LogP contribution in [0.2, 0.25) is 0 Å². The van der Waals surface area contributed by atoms with E-state index in [1.807, 2.05) is 6.92 Å². The Kier molecular flexibility index (Phi) is 6.26. The van der Waals surface area contributed by atoms with E-state index in [0.717, 1.165) is 25.7 Å². The van der Waals surface area contributed by atoms with E-state index in [-0.39, 0.29) is 24.1 Å². The molecule has 20 heavy (non-hydrogen) atoms. The zero-order chi connectivity index (χ0) is 15.2. The number of amides is 1. The van der Waals surface area contributed by atoms with Crippen molar-refractivity contribution in [3.8, 4) is 0 Å². The highest BCUT2D eigenvalue weighted by atomic mass is 16.6. The Morgan fingerprint density at radius 2 is 1.95 bits per heavy atom. The van der Waals surface area contributed by atoms with Crippen molar-refractivity contribution in [1.29, 1.82) is 0 Å². The van der Waals surface area contributed by atoms with Crippen LogP contribution in [-0.4, -0.2) is 55.0 Å². The third-order valence-electron chi connectivity index (χ3n) is 4.11. The second kappa shape index (κ2) is 7.47. The predicted molar refractivity (Wildman–Crippen MR) is 73.6 cm³/mol. The van der Waals surface area contributed by atoms with Gasteiger partial charge in [0.2, 0.25) is 0 Å². The molecule has 6 heteroatoms. The molecule has 6 nitrogen and oxygen atoms in total. The quantitative estimate of drug-likeness (QED) is 0.757. The van der Waals surface area contributed by atoms with Gasteiger partial charge in [0.05, 0.1) is 13.2 Å². The fourth-order valence-corrected chi connectivity index (χ4v) is 2.39. The molecule has 116 valence electrons. The largest absolute Gasteiger partial charge is 0.467 e. The Balaban J connectivity index is 2.27. The first-order valence-corrected chi connectivity index (χ1v) is 7.02. The molecule has 0 aliphatic carbocycles. The third-order valence-corrected chi connectivity index (χ3v) is 4.11. The zero-order valence-corrected chi connectivity index (χ0v) is 12.6. The summed E-state index contributed by atoms with van der Waals surface area (Å²) in [4.78, 5) is 23.3. The molecule has 1 rings (SSSR count). The van der Waals surface area contributed by atoms with Crippen molar-refractivity contribution in [2.45, 2.75) is 45.6 Å². The average molecular weight is 287 g/mol. The molecule has 0 aromatic carbocycles. The van der Waals surface area contributed by atoms with Crippen LogP contribution in [0.5, 0.6) is 0 Å². The van der Waals surface area contributed by atoms with Gasteiger partial charge in [0.1, 0.15) is 6.61 Å². The lowest BCUT2D eigenvalue weighted by Crippen LogP contribution is -2.41. The van der Waals surface area contributed by atoms with E-state index in [1.54, 1.807) is 0 Å². The van der Waals surface area contributed by atoms with Crippen LogP contribution in [0.15, 0.2) is 0 Å². The minimum absolute atomic E-state index is 0.00317. The van der Waals surface area contributed by atoms with Crippen LogP contribution in [0.3, 0.4) is 0 Å². The first kappa shape index (κ1) is 16.8. The number of likely N-dealkylation sites (tertiary alicyclic amines) is 1. The lowest BCUT2D eigenvalue weighted by Gasteiger charge is -2.38. The maximum absolute atomic E-state index is 11.0. The highest BCUT2D eigenvalue weighted by Gasteiger charge is 2.31. The summed E-state index contributed by atoms with van der Waals surface area (Å²) in [7, 11) is 1.34. The van der Waals surface area contributed by atoms with Crippen molar-refractivity contribution in [3.63, 3.8) is 0 Å². The van der Waals surface area contributed by atoms with Crippen molar-refractivity contribution in [2.75, 3.05) is 26.8 Å². The zero-order valence-electron chi connectivity index (χ0n) is 12.6. The van der Waals surface area contributed by atoms with Gasteiger partial charge in [-0.1, -0.05) is 6.92 Å². The highest BCUT2D eigenvalue weighted by Crippen LogP contribution is 2.36. The lowest BCUT2D eigenvalue weighted by molar-refractivity contribution is -0.147. The van der Waals surface area contributed by atoms with Gasteiger partial charge in [0, 0.05) is 13.1 Å². The first-order chi connectivity index (χ1) is 9.36. The third kappa shape index (κ3) is 5.36. The highest BCUT2D eigenvalue weighted by molar-refractivity contribution is 5.70. The number of nitrogens with zero attached hydrogens (tertiary/aromatic N) is 1. The second-order valence-corrected chi connectivity index (χ2v) is 5.82. The van der Waals surface area contributed by atoms with Crippen LogP contribution in [-0.2, 0) is 14.3 Å². The molecular weight excluding hydrogens is 262 g/mol. The number of rotatable bonds is 6. The van der Waals surface area contributed by atoms with Crippen LogP contribution in [0, 0.1) is 5.41 Å². The Bertz CT molecular complexity index is 336. The fourth-order valence-electron chi connectivity index (χ4n) is 2.39. The molecule has 1 unspecified atom stereocenters. The maximum atomic E-state index is 11.0. The summed E-state index contributed by atoms with van der Waals surface area (Å²) >= 11 is 0. The summed E-state index contributed by atoms with van der Waals surface area (Å²) in [5.41, 5.74) is 0.162. The molecule has 0 bridgehead atoms. The van der Waals surface area contributed by atoms with Crippen LogP contribution in [0.4, 0.5) is 4.79 Å². The fraction of sp³-hybridized carbons (Fsp3) is 0.857. The molecule has 1 aliphatic rings. The summed E-state index contributed by atoms with van der Waals surface area (Å²) in [5, 5.41) is 8.93. The molecule has 0 radical (unpaired) electrons. The summed E-state index contributed by atoms with van der Waals surface area (Å²) in [6, 6.07) is 0. The minimum Gasteiger partial charge on any atom is -0.467 e. The Morgan fingerprint density at radius 1 is 1.35 bits per heavy atom. The van der Waals surface area contributed by atoms with E-state index >= 15 is 0 Å². The monoisotopic (exact) mass is 287 g/mol. The van der Waals surface area contributed by atoms with Crippen LogP contribution in [0.1, 0.15) is 39.5 Å². The summed E-state index contributed by atoms with van der Waals surface area (Å²) in [5.74, 6) is -0.363. The molecule has 0 aromatic rings. The van der Waals surface area contributed by atoms with Crippen LogP contribution < -0.4 is 0 Å². The van der Waals surface area contributed by atoms with E-state index < -0.39 is 6.09 Å². The van der Waals surface area contributed by atoms with Gasteiger partial charge in [-0.25, -0.2) is 9.59 Å². The standard InChI is InChI=1S/C14H25NO5/c1-11(20-10-12(16)19-3)4-5-14(2)6-8-15(9-7-14)13(17)18/h11H,4-10H2,1-3H3,(H,17,18). The summed E-state index contributed by atoms with van der Waals surface area (Å²) in [6.07, 6.45) is 2.76. The number of hydrogen-bond acceptors (Lipinski definition) is 4. The van der Waals surface area contributed by atoms with Gasteiger partial charge in [-0.2, -0.15) is 0 Å². The number of methoxy groups -OCH3 is 1. The summed E-state index contributed by atoms with van der Waals surface area (Å²) in [6.45, 7) is 5.32. The van der Waals surface area contributed by atoms with Crippen molar-refractivity contribution in [3.05, 3.63) is 0 Å². The van der Waals surface area contributed by atoms with Crippen molar-refractivity contribution < 1.29 is 24.2 Å². The topological polar surface area (TPSA) is 76.1 Å². The second-order valence-electron chi connectivity index (χ2n) is 5.82. The van der Waals surface area contributed by atoms with Gasteiger partial charge in [0.15, 0.2) is 0 Å². The van der Waals surface area contributed by atoms with E-state index in [1.165, 1.54) is 12.0 Å². The van der Waals surface area contributed by atoms with Gasteiger partial charge in [0.25, 0.3) is 0 Å². The maximum Gasteiger partial charge on any atom is 0.407 e. The molecule has 1 N–H and O–H groups in total. The van der Waals surface area contributed by atoms with Crippen LogP contribution in [0.25, 0.3) is 0 Å². The Labute approximate surface area is 120 Å². The first-order valence-electron chi connectivity index (χ1n) is 7.02. The van der Waals surface area contributed by atoms with Crippen molar-refractivity contribution in [1.82, 2.24) is 4.90 Å². The molecule has 1 atom stereocenters. The minimum atomic E-state index is -0.832. The van der Waals surface area contributed by atoms with Gasteiger partial charge in [-0.3, -0.25) is 0 Å². The van der Waals surface area contributed by atoms with Crippen molar-refractivity contribution in [2.24, 2.45) is 5.41 Å². The molecular formula is C14H25NO5. The molecule has 1 saturated heterocycles. The van der Waals surface area contributed by atoms with Gasteiger partial charge >= 0.3 is 12.1 Å². The van der Waals surface area contributed by atoms with E-state index in [4.69, 9.17) is 9.84 Å². The molecule has 1 aliphatic heterocycles. The Hall–Kier alpha value is -1.30. The van der Waals surface area contributed by atoms with Crippen LogP contribution >= 0.6 is 0 Å². The average Bonchev–Trinajstić information content (AvgIpc) is 2.43. The number of piperidine rings is 1.